The molecule has 0 radical (unpaired) electrons. The van der Waals surface area contributed by atoms with Crippen molar-refractivity contribution in [1.29, 1.82) is 0 Å². The Kier molecular flexibility index (Phi) is 3.82. The number of aliphatic hydroxyl groups is 1. The summed E-state index contributed by atoms with van der Waals surface area (Å²) in [4.78, 5) is 11.4. The maximum Gasteiger partial charge on any atom is 0.233 e. The van der Waals surface area contributed by atoms with Crippen LogP contribution in [0.15, 0.2) is 0 Å². The number of aliphatic hydroxyl groups excluding tert-OH is 1. The highest BCUT2D eigenvalue weighted by atomic mass is 16.3. The van der Waals surface area contributed by atoms with Gasteiger partial charge in [-0.3, -0.25) is 4.79 Å². The number of amides is 1. The number of hydrogen-bond donors (Lipinski definition) is 3. The van der Waals surface area contributed by atoms with Gasteiger partial charge in [0.25, 0.3) is 0 Å². The van der Waals surface area contributed by atoms with E-state index in [9.17, 15) is 4.79 Å². The van der Waals surface area contributed by atoms with Crippen molar-refractivity contribution in [3.8, 4) is 0 Å². The van der Waals surface area contributed by atoms with Crippen LogP contribution >= 0.6 is 0 Å². The number of nitrogens with one attached hydrogen (secondary N) is 2. The van der Waals surface area contributed by atoms with Gasteiger partial charge in [-0.25, -0.2) is 0 Å². The van der Waals surface area contributed by atoms with Crippen LogP contribution in [0.5, 0.6) is 0 Å². The van der Waals surface area contributed by atoms with Gasteiger partial charge < -0.3 is 15.7 Å². The number of hydrogen-bond acceptors (Lipinski definition) is 3. The minimum Gasteiger partial charge on any atom is -0.396 e. The second-order valence-corrected chi connectivity index (χ2v) is 5.32. The topological polar surface area (TPSA) is 61.4 Å². The second kappa shape index (κ2) is 5.15. The van der Waals surface area contributed by atoms with Crippen LogP contribution in [0.3, 0.4) is 0 Å². The van der Waals surface area contributed by atoms with Crippen molar-refractivity contribution in [2.75, 3.05) is 26.2 Å². The lowest BCUT2D eigenvalue weighted by molar-refractivity contribution is -0.120. The van der Waals surface area contributed by atoms with Crippen LogP contribution in [0, 0.1) is 11.3 Å². The van der Waals surface area contributed by atoms with E-state index >= 15 is 0 Å². The zero-order chi connectivity index (χ0) is 11.4. The van der Waals surface area contributed by atoms with E-state index in [1.807, 2.05) is 0 Å². The third-order valence-corrected chi connectivity index (χ3v) is 3.67. The highest BCUT2D eigenvalue weighted by Crippen LogP contribution is 2.47. The molecule has 0 bridgehead atoms. The predicted octanol–water partition coefficient (Wildman–Crippen LogP) is 0.265. The summed E-state index contributed by atoms with van der Waals surface area (Å²) < 4.78 is 0. The molecule has 2 aliphatic carbocycles. The van der Waals surface area contributed by atoms with Gasteiger partial charge in [-0.05, 0) is 43.4 Å². The van der Waals surface area contributed by atoms with Crippen molar-refractivity contribution in [2.24, 2.45) is 11.3 Å². The van der Waals surface area contributed by atoms with E-state index < -0.39 is 0 Å². The third kappa shape index (κ3) is 3.76. The van der Waals surface area contributed by atoms with Crippen LogP contribution in [0.2, 0.25) is 0 Å². The zero-order valence-electron chi connectivity index (χ0n) is 9.80. The first kappa shape index (κ1) is 11.9. The molecule has 0 unspecified atom stereocenters. The third-order valence-electron chi connectivity index (χ3n) is 3.67. The molecule has 2 rings (SSSR count). The molecule has 0 aromatic heterocycles. The van der Waals surface area contributed by atoms with Gasteiger partial charge in [0.2, 0.25) is 5.91 Å². The fourth-order valence-corrected chi connectivity index (χ4v) is 2.01. The Morgan fingerprint density at radius 3 is 2.69 bits per heavy atom. The highest BCUT2D eigenvalue weighted by Gasteiger charge is 2.41. The molecule has 2 aliphatic rings. The molecule has 4 heteroatoms. The molecule has 0 aromatic rings. The Balaban J connectivity index is 1.51. The van der Waals surface area contributed by atoms with Gasteiger partial charge in [-0.2, -0.15) is 0 Å². The summed E-state index contributed by atoms with van der Waals surface area (Å²) in [5, 5.41) is 15.0. The summed E-state index contributed by atoms with van der Waals surface area (Å²) in [5.74, 6) is 0.847. The fourth-order valence-electron chi connectivity index (χ4n) is 2.01. The van der Waals surface area contributed by atoms with Crippen molar-refractivity contribution in [3.63, 3.8) is 0 Å². The Morgan fingerprint density at radius 1 is 1.38 bits per heavy atom. The first-order chi connectivity index (χ1) is 7.74. The van der Waals surface area contributed by atoms with Gasteiger partial charge in [0.05, 0.1) is 6.54 Å². The maximum atomic E-state index is 11.4. The number of carbonyl (C=O) groups excluding carboxylic acids is 1. The van der Waals surface area contributed by atoms with E-state index in [-0.39, 0.29) is 12.5 Å². The molecule has 1 amide bonds. The van der Waals surface area contributed by atoms with Gasteiger partial charge in [0.1, 0.15) is 0 Å². The van der Waals surface area contributed by atoms with Gasteiger partial charge in [-0.1, -0.05) is 0 Å². The van der Waals surface area contributed by atoms with Crippen LogP contribution < -0.4 is 10.6 Å². The smallest absolute Gasteiger partial charge is 0.233 e. The molecule has 0 aromatic carbocycles. The molecule has 92 valence electrons. The monoisotopic (exact) mass is 226 g/mol. The summed E-state index contributed by atoms with van der Waals surface area (Å²) in [6, 6.07) is 0. The molecule has 3 N–H and O–H groups in total. The zero-order valence-corrected chi connectivity index (χ0v) is 9.80. The summed E-state index contributed by atoms with van der Waals surface area (Å²) >= 11 is 0. The highest BCUT2D eigenvalue weighted by molar-refractivity contribution is 5.78. The van der Waals surface area contributed by atoms with Crippen molar-refractivity contribution >= 4 is 5.91 Å². The normalized spacial score (nSPS) is 21.8. The molecule has 16 heavy (non-hydrogen) atoms. The van der Waals surface area contributed by atoms with Gasteiger partial charge in [0.15, 0.2) is 0 Å². The van der Waals surface area contributed by atoms with Crippen LogP contribution in [-0.2, 0) is 4.79 Å². The Bertz CT molecular complexity index is 247. The van der Waals surface area contributed by atoms with E-state index in [2.05, 4.69) is 10.6 Å². The van der Waals surface area contributed by atoms with Crippen LogP contribution in [0.25, 0.3) is 0 Å². The van der Waals surface area contributed by atoms with E-state index in [0.717, 1.165) is 25.4 Å². The molecule has 2 saturated carbocycles. The quantitative estimate of drug-likeness (QED) is 0.556. The number of carbonyl (C=O) groups is 1. The van der Waals surface area contributed by atoms with Crippen LogP contribution in [-0.4, -0.2) is 37.3 Å². The Labute approximate surface area is 96.8 Å². The summed E-state index contributed by atoms with van der Waals surface area (Å²) in [5.41, 5.74) is 0.297. The minimum absolute atomic E-state index is 0.103. The van der Waals surface area contributed by atoms with Gasteiger partial charge in [0, 0.05) is 19.7 Å². The van der Waals surface area contributed by atoms with E-state index in [0.29, 0.717) is 12.0 Å². The lowest BCUT2D eigenvalue weighted by Gasteiger charge is -2.14. The molecular weight excluding hydrogens is 204 g/mol. The lowest BCUT2D eigenvalue weighted by atomic mass is 10.0. The SMILES string of the molecule is O=C(CNCC1(CCO)CC1)NCC1CC1. The summed E-state index contributed by atoms with van der Waals surface area (Å²) in [6.45, 7) is 2.39. The molecule has 0 saturated heterocycles. The van der Waals surface area contributed by atoms with Crippen molar-refractivity contribution in [2.45, 2.75) is 32.1 Å². The van der Waals surface area contributed by atoms with E-state index in [1.165, 1.54) is 25.7 Å². The summed E-state index contributed by atoms with van der Waals surface area (Å²) in [6.07, 6.45) is 5.78. The molecular formula is C12H22N2O2. The predicted molar refractivity (Wildman–Crippen MR) is 62.0 cm³/mol. The van der Waals surface area contributed by atoms with Crippen LogP contribution in [0.4, 0.5) is 0 Å². The van der Waals surface area contributed by atoms with Gasteiger partial charge >= 0.3 is 0 Å². The lowest BCUT2D eigenvalue weighted by Crippen LogP contribution is -2.37. The van der Waals surface area contributed by atoms with E-state index in [4.69, 9.17) is 5.11 Å². The van der Waals surface area contributed by atoms with Crippen molar-refractivity contribution in [1.82, 2.24) is 10.6 Å². The molecule has 0 spiro atoms. The van der Waals surface area contributed by atoms with Gasteiger partial charge in [-0.15, -0.1) is 0 Å². The first-order valence-electron chi connectivity index (χ1n) is 6.32. The summed E-state index contributed by atoms with van der Waals surface area (Å²) in [7, 11) is 0. The standard InChI is InChI=1S/C12H22N2O2/c15-6-5-12(3-4-12)9-13-8-11(16)14-7-10-1-2-10/h10,13,15H,1-9H2,(H,14,16). The van der Waals surface area contributed by atoms with Crippen LogP contribution in [0.1, 0.15) is 32.1 Å². The minimum atomic E-state index is 0.103. The average molecular weight is 226 g/mol. The Morgan fingerprint density at radius 2 is 2.12 bits per heavy atom. The molecule has 0 heterocycles. The molecule has 4 nitrogen and oxygen atoms in total. The second-order valence-electron chi connectivity index (χ2n) is 5.32. The molecule has 2 fully saturated rings. The maximum absolute atomic E-state index is 11.4. The molecule has 0 atom stereocenters. The Hall–Kier alpha value is -0.610. The molecule has 0 aliphatic heterocycles. The fraction of sp³-hybridized carbons (Fsp3) is 0.917. The number of rotatable bonds is 8. The van der Waals surface area contributed by atoms with Crippen molar-refractivity contribution in [3.05, 3.63) is 0 Å². The van der Waals surface area contributed by atoms with Crippen molar-refractivity contribution < 1.29 is 9.90 Å². The first-order valence-corrected chi connectivity index (χ1v) is 6.32. The van der Waals surface area contributed by atoms with E-state index in [1.54, 1.807) is 0 Å². The average Bonchev–Trinajstić information content (AvgIpc) is 3.10. The largest absolute Gasteiger partial charge is 0.396 e.